The fourth-order valence-electron chi connectivity index (χ4n) is 1.97. The summed E-state index contributed by atoms with van der Waals surface area (Å²) in [6.07, 6.45) is 0. The number of thioether (sulfide) groups is 1. The molecule has 0 aliphatic heterocycles. The van der Waals surface area contributed by atoms with E-state index in [2.05, 4.69) is 46.4 Å². The van der Waals surface area contributed by atoms with Crippen LogP contribution in [0.5, 0.6) is 0 Å². The van der Waals surface area contributed by atoms with Crippen molar-refractivity contribution in [2.24, 2.45) is 0 Å². The molecule has 0 saturated carbocycles. The highest BCUT2D eigenvalue weighted by atomic mass is 32.2. The average molecular weight is 291 g/mol. The second-order valence-electron chi connectivity index (χ2n) is 6.23. The number of thiocarbonyl (C=S) groups is 1. The highest BCUT2D eigenvalue weighted by Crippen LogP contribution is 2.30. The lowest BCUT2D eigenvalue weighted by Crippen LogP contribution is -2.54. The second-order valence-corrected chi connectivity index (χ2v) is 8.20. The highest BCUT2D eigenvalue weighted by Gasteiger charge is 2.34. The van der Waals surface area contributed by atoms with E-state index < -0.39 is 0 Å². The van der Waals surface area contributed by atoms with E-state index in [9.17, 15) is 4.79 Å². The van der Waals surface area contributed by atoms with E-state index in [1.165, 1.54) is 18.9 Å². The largest absolute Gasteiger partial charge is 0.468 e. The molecule has 0 aromatic rings. The Morgan fingerprint density at radius 1 is 1.17 bits per heavy atom. The monoisotopic (exact) mass is 291 g/mol. The predicted molar refractivity (Wildman–Crippen MR) is 83.0 cm³/mol. The van der Waals surface area contributed by atoms with Gasteiger partial charge >= 0.3 is 5.97 Å². The van der Waals surface area contributed by atoms with Crippen molar-refractivity contribution in [3.8, 4) is 0 Å². The smallest absolute Gasteiger partial charge is 0.318 e. The zero-order valence-corrected chi connectivity index (χ0v) is 14.3. The molecule has 0 rings (SSSR count). The maximum atomic E-state index is 11.4. The summed E-state index contributed by atoms with van der Waals surface area (Å²) >= 11 is 6.87. The van der Waals surface area contributed by atoms with Gasteiger partial charge in [-0.15, -0.1) is 0 Å². The maximum absolute atomic E-state index is 11.4. The van der Waals surface area contributed by atoms with Gasteiger partial charge in [0.25, 0.3) is 0 Å². The van der Waals surface area contributed by atoms with E-state index in [-0.39, 0.29) is 22.3 Å². The number of hydrogen-bond acceptors (Lipinski definition) is 4. The molecule has 0 aliphatic rings. The molecule has 106 valence electrons. The summed E-state index contributed by atoms with van der Waals surface area (Å²) in [5.41, 5.74) is -0.170. The number of carbonyl (C=O) groups excluding carboxylic acids is 1. The summed E-state index contributed by atoms with van der Waals surface area (Å²) in [4.78, 5) is 13.6. The Labute approximate surface area is 121 Å². The summed E-state index contributed by atoms with van der Waals surface area (Å²) in [5, 5.41) is -0.283. The first-order chi connectivity index (χ1) is 7.91. The highest BCUT2D eigenvalue weighted by molar-refractivity contribution is 8.23. The Morgan fingerprint density at radius 3 is 1.83 bits per heavy atom. The van der Waals surface area contributed by atoms with Crippen molar-refractivity contribution in [3.63, 3.8) is 0 Å². The van der Waals surface area contributed by atoms with Gasteiger partial charge in [0.05, 0.1) is 7.11 Å². The van der Waals surface area contributed by atoms with Gasteiger partial charge in [-0.05, 0) is 48.5 Å². The molecule has 0 fully saturated rings. The lowest BCUT2D eigenvalue weighted by atomic mass is 9.97. The van der Waals surface area contributed by atoms with Gasteiger partial charge in [0.1, 0.15) is 9.57 Å². The minimum Gasteiger partial charge on any atom is -0.468 e. The van der Waals surface area contributed by atoms with Crippen LogP contribution in [0, 0.1) is 0 Å². The van der Waals surface area contributed by atoms with Crippen LogP contribution in [0.2, 0.25) is 0 Å². The normalized spacial score (nSPS) is 14.0. The summed E-state index contributed by atoms with van der Waals surface area (Å²) in [5.74, 6) is -0.245. The van der Waals surface area contributed by atoms with Crippen LogP contribution >= 0.6 is 24.0 Å². The zero-order valence-electron chi connectivity index (χ0n) is 12.7. The fraction of sp³-hybridized carbons (Fsp3) is 0.846. The topological polar surface area (TPSA) is 29.5 Å². The first-order valence-electron chi connectivity index (χ1n) is 6.00. The van der Waals surface area contributed by atoms with Gasteiger partial charge in [0.2, 0.25) is 0 Å². The molecule has 0 aromatic heterocycles. The maximum Gasteiger partial charge on any atom is 0.318 e. The zero-order chi connectivity index (χ0) is 14.7. The molecule has 0 amide bonds. The molecule has 0 heterocycles. The number of nitrogens with zero attached hydrogens (tertiary/aromatic N) is 1. The quantitative estimate of drug-likeness (QED) is 0.574. The molecule has 1 unspecified atom stereocenters. The molecule has 0 spiro atoms. The van der Waals surface area contributed by atoms with Crippen molar-refractivity contribution in [3.05, 3.63) is 0 Å². The summed E-state index contributed by atoms with van der Waals surface area (Å²) < 4.78 is 5.46. The minimum absolute atomic E-state index is 0.0851. The first kappa shape index (κ1) is 17.7. The Bertz CT molecular complexity index is 302. The number of ether oxygens (including phenoxy) is 1. The van der Waals surface area contributed by atoms with E-state index in [1.54, 1.807) is 0 Å². The van der Waals surface area contributed by atoms with Gasteiger partial charge < -0.3 is 9.64 Å². The summed E-state index contributed by atoms with van der Waals surface area (Å²) in [6.45, 7) is 14.5. The molecule has 0 saturated heterocycles. The Morgan fingerprint density at radius 2 is 1.56 bits per heavy atom. The van der Waals surface area contributed by atoms with Crippen molar-refractivity contribution in [2.45, 2.75) is 64.8 Å². The molecular formula is C13H25NO2S2. The van der Waals surface area contributed by atoms with Crippen LogP contribution in [0.15, 0.2) is 0 Å². The lowest BCUT2D eigenvalue weighted by molar-refractivity contribution is -0.139. The third kappa shape index (κ3) is 5.14. The van der Waals surface area contributed by atoms with Crippen molar-refractivity contribution in [1.29, 1.82) is 0 Å². The van der Waals surface area contributed by atoms with Crippen LogP contribution in [0.25, 0.3) is 0 Å². The number of esters is 1. The van der Waals surface area contributed by atoms with E-state index in [4.69, 9.17) is 17.0 Å². The second kappa shape index (κ2) is 6.24. The molecule has 0 aliphatic carbocycles. The number of methoxy groups -OCH3 is 1. The van der Waals surface area contributed by atoms with Crippen LogP contribution in [-0.4, -0.2) is 38.6 Å². The van der Waals surface area contributed by atoms with Crippen molar-refractivity contribution >= 4 is 34.3 Å². The van der Waals surface area contributed by atoms with Crippen molar-refractivity contribution in [1.82, 2.24) is 4.90 Å². The number of carbonyl (C=O) groups is 1. The number of rotatable bonds is 2. The minimum atomic E-state index is -0.283. The fourth-order valence-corrected chi connectivity index (χ4v) is 4.10. The van der Waals surface area contributed by atoms with Crippen molar-refractivity contribution < 1.29 is 9.53 Å². The molecule has 0 aromatic carbocycles. The van der Waals surface area contributed by atoms with E-state index in [0.717, 1.165) is 4.32 Å². The molecular weight excluding hydrogens is 266 g/mol. The van der Waals surface area contributed by atoms with Gasteiger partial charge in [-0.25, -0.2) is 0 Å². The summed E-state index contributed by atoms with van der Waals surface area (Å²) in [6, 6.07) is 0. The lowest BCUT2D eigenvalue weighted by Gasteiger charge is -2.47. The average Bonchev–Trinajstić information content (AvgIpc) is 2.11. The van der Waals surface area contributed by atoms with Gasteiger partial charge in [-0.1, -0.05) is 24.0 Å². The molecule has 18 heavy (non-hydrogen) atoms. The molecule has 0 bridgehead atoms. The van der Waals surface area contributed by atoms with Crippen LogP contribution in [0.4, 0.5) is 0 Å². The van der Waals surface area contributed by atoms with Crippen LogP contribution < -0.4 is 0 Å². The molecule has 1 atom stereocenters. The Hall–Kier alpha value is -0.290. The van der Waals surface area contributed by atoms with E-state index in [0.29, 0.717) is 0 Å². The Balaban J connectivity index is 4.97. The molecule has 3 nitrogen and oxygen atoms in total. The molecule has 5 heteroatoms. The summed E-state index contributed by atoms with van der Waals surface area (Å²) in [7, 11) is 1.40. The predicted octanol–water partition coefficient (Wildman–Crippen LogP) is 3.47. The SMILES string of the molecule is COC(=O)C(C)SC(=S)N(C(C)(C)C)C(C)(C)C. The van der Waals surface area contributed by atoms with E-state index in [1.807, 2.05) is 6.92 Å². The molecule has 0 radical (unpaired) electrons. The van der Waals surface area contributed by atoms with Crippen molar-refractivity contribution in [2.75, 3.05) is 7.11 Å². The van der Waals surface area contributed by atoms with Crippen LogP contribution in [0.3, 0.4) is 0 Å². The first-order valence-corrected chi connectivity index (χ1v) is 7.29. The molecule has 0 N–H and O–H groups in total. The van der Waals surface area contributed by atoms with Gasteiger partial charge in [-0.3, -0.25) is 4.79 Å². The van der Waals surface area contributed by atoms with Crippen LogP contribution in [-0.2, 0) is 9.53 Å². The van der Waals surface area contributed by atoms with Gasteiger partial charge in [-0.2, -0.15) is 0 Å². The Kier molecular flexibility index (Phi) is 6.14. The van der Waals surface area contributed by atoms with Gasteiger partial charge in [0.15, 0.2) is 0 Å². The van der Waals surface area contributed by atoms with E-state index >= 15 is 0 Å². The van der Waals surface area contributed by atoms with Crippen LogP contribution in [0.1, 0.15) is 48.5 Å². The number of hydrogen-bond donors (Lipinski definition) is 0. The van der Waals surface area contributed by atoms with Gasteiger partial charge in [0, 0.05) is 11.1 Å². The third-order valence-corrected chi connectivity index (χ3v) is 3.74. The standard InChI is InChI=1S/C13H25NO2S2/c1-9(10(15)16-8)18-11(17)14(12(2,3)4)13(5,6)7/h9H,1-8H3. The third-order valence-electron chi connectivity index (χ3n) is 2.33.